The SMILES string of the molecule is CCOC(=O)/C=C(\C)N=Nc1nc2ccccc2s1. The Morgan fingerprint density at radius 1 is 1.47 bits per heavy atom. The molecule has 0 N–H and O–H groups in total. The molecule has 0 spiro atoms. The minimum absolute atomic E-state index is 0.345. The summed E-state index contributed by atoms with van der Waals surface area (Å²) in [6.45, 7) is 3.79. The van der Waals surface area contributed by atoms with Crippen molar-refractivity contribution in [1.29, 1.82) is 0 Å². The molecule has 2 rings (SSSR count). The summed E-state index contributed by atoms with van der Waals surface area (Å²) in [4.78, 5) is 15.5. The first kappa shape index (κ1) is 13.4. The number of hydrogen-bond acceptors (Lipinski definition) is 6. The summed E-state index contributed by atoms with van der Waals surface area (Å²) in [6.07, 6.45) is 1.31. The van der Waals surface area contributed by atoms with Crippen LogP contribution in [0.1, 0.15) is 13.8 Å². The van der Waals surface area contributed by atoms with Crippen LogP contribution in [-0.2, 0) is 9.53 Å². The Hall–Kier alpha value is -2.08. The van der Waals surface area contributed by atoms with Crippen molar-refractivity contribution in [2.75, 3.05) is 6.61 Å². The van der Waals surface area contributed by atoms with E-state index in [2.05, 4.69) is 15.2 Å². The maximum absolute atomic E-state index is 11.2. The molecule has 0 bridgehead atoms. The summed E-state index contributed by atoms with van der Waals surface area (Å²) in [7, 11) is 0. The van der Waals surface area contributed by atoms with Gasteiger partial charge in [0.1, 0.15) is 0 Å². The first-order valence-electron chi connectivity index (χ1n) is 5.81. The number of para-hydroxylation sites is 1. The zero-order valence-electron chi connectivity index (χ0n) is 10.7. The second-order valence-corrected chi connectivity index (χ2v) is 4.71. The molecule has 0 atom stereocenters. The highest BCUT2D eigenvalue weighted by molar-refractivity contribution is 7.21. The predicted molar refractivity (Wildman–Crippen MR) is 74.5 cm³/mol. The Labute approximate surface area is 114 Å². The molecule has 0 amide bonds. The van der Waals surface area contributed by atoms with Crippen molar-refractivity contribution < 1.29 is 9.53 Å². The van der Waals surface area contributed by atoms with Gasteiger partial charge in [0.15, 0.2) is 0 Å². The van der Waals surface area contributed by atoms with Crippen LogP contribution >= 0.6 is 11.3 Å². The average molecular weight is 275 g/mol. The van der Waals surface area contributed by atoms with Gasteiger partial charge in [-0.15, -0.1) is 5.11 Å². The molecule has 5 nitrogen and oxygen atoms in total. The average Bonchev–Trinajstić information content (AvgIpc) is 2.79. The van der Waals surface area contributed by atoms with Crippen LogP contribution < -0.4 is 0 Å². The summed E-state index contributed by atoms with van der Waals surface area (Å²) in [5.74, 6) is -0.414. The number of nitrogens with zero attached hydrogens (tertiary/aromatic N) is 3. The molecule has 2 aromatic rings. The fourth-order valence-corrected chi connectivity index (χ4v) is 2.20. The van der Waals surface area contributed by atoms with Gasteiger partial charge < -0.3 is 4.74 Å². The molecule has 1 aromatic carbocycles. The summed E-state index contributed by atoms with van der Waals surface area (Å²) < 4.78 is 5.84. The Morgan fingerprint density at radius 3 is 3.00 bits per heavy atom. The molecule has 98 valence electrons. The highest BCUT2D eigenvalue weighted by atomic mass is 32.1. The molecule has 0 aliphatic rings. The summed E-state index contributed by atoms with van der Waals surface area (Å²) in [5, 5.41) is 8.53. The maximum Gasteiger partial charge on any atom is 0.332 e. The third kappa shape index (κ3) is 3.69. The minimum atomic E-state index is -0.414. The quantitative estimate of drug-likeness (QED) is 0.483. The number of esters is 1. The first-order valence-corrected chi connectivity index (χ1v) is 6.63. The van der Waals surface area contributed by atoms with E-state index in [0.717, 1.165) is 10.2 Å². The number of azo groups is 1. The third-order valence-corrected chi connectivity index (χ3v) is 3.11. The lowest BCUT2D eigenvalue weighted by molar-refractivity contribution is -0.137. The van der Waals surface area contributed by atoms with E-state index in [1.165, 1.54) is 17.4 Å². The molecule has 0 unspecified atom stereocenters. The van der Waals surface area contributed by atoms with Crippen molar-refractivity contribution in [3.05, 3.63) is 36.0 Å². The van der Waals surface area contributed by atoms with Crippen LogP contribution in [0.25, 0.3) is 10.2 Å². The zero-order valence-corrected chi connectivity index (χ0v) is 11.5. The molecule has 0 aliphatic heterocycles. The van der Waals surface area contributed by atoms with E-state index < -0.39 is 5.97 Å². The summed E-state index contributed by atoms with van der Waals surface area (Å²) in [6, 6.07) is 7.78. The topological polar surface area (TPSA) is 63.9 Å². The van der Waals surface area contributed by atoms with Gasteiger partial charge in [0, 0.05) is 6.08 Å². The lowest BCUT2D eigenvalue weighted by atomic mass is 10.3. The Morgan fingerprint density at radius 2 is 2.26 bits per heavy atom. The second-order valence-electron chi connectivity index (χ2n) is 3.70. The van der Waals surface area contributed by atoms with Crippen LogP contribution in [0.5, 0.6) is 0 Å². The molecule has 0 saturated heterocycles. The van der Waals surface area contributed by atoms with Gasteiger partial charge in [-0.1, -0.05) is 23.5 Å². The Kier molecular flexibility index (Phi) is 4.35. The number of benzene rings is 1. The van der Waals surface area contributed by atoms with Crippen LogP contribution in [-0.4, -0.2) is 17.6 Å². The van der Waals surface area contributed by atoms with Crippen molar-refractivity contribution in [3.8, 4) is 0 Å². The number of fused-ring (bicyclic) bond motifs is 1. The van der Waals surface area contributed by atoms with Gasteiger partial charge in [-0.3, -0.25) is 0 Å². The van der Waals surface area contributed by atoms with Crippen LogP contribution in [0.4, 0.5) is 5.13 Å². The van der Waals surface area contributed by atoms with Crippen LogP contribution in [0.3, 0.4) is 0 Å². The van der Waals surface area contributed by atoms with Crippen LogP contribution in [0.2, 0.25) is 0 Å². The lowest BCUT2D eigenvalue weighted by Crippen LogP contribution is -1.99. The molecule has 0 aliphatic carbocycles. The van der Waals surface area contributed by atoms with E-state index in [-0.39, 0.29) is 0 Å². The van der Waals surface area contributed by atoms with E-state index >= 15 is 0 Å². The summed E-state index contributed by atoms with van der Waals surface area (Å²) >= 11 is 1.45. The monoisotopic (exact) mass is 275 g/mol. The summed E-state index contributed by atoms with van der Waals surface area (Å²) in [5.41, 5.74) is 1.38. The lowest BCUT2D eigenvalue weighted by Gasteiger charge is -1.94. The molecule has 19 heavy (non-hydrogen) atoms. The van der Waals surface area contributed by atoms with E-state index in [9.17, 15) is 4.79 Å². The van der Waals surface area contributed by atoms with Gasteiger partial charge in [-0.05, 0) is 26.0 Å². The highest BCUT2D eigenvalue weighted by Gasteiger charge is 2.01. The number of allylic oxidation sites excluding steroid dienone is 1. The number of thiazole rings is 1. The van der Waals surface area contributed by atoms with Crippen molar-refractivity contribution in [2.45, 2.75) is 13.8 Å². The standard InChI is InChI=1S/C13H13N3O2S/c1-3-18-12(17)8-9(2)15-16-13-14-10-6-4-5-7-11(10)19-13/h4-8H,3H2,1-2H3/b9-8+,16-15?. The van der Waals surface area contributed by atoms with Gasteiger partial charge >= 0.3 is 5.97 Å². The largest absolute Gasteiger partial charge is 0.463 e. The van der Waals surface area contributed by atoms with Crippen molar-refractivity contribution >= 4 is 32.7 Å². The Balaban J connectivity index is 2.11. The molecular formula is C13H13N3O2S. The fraction of sp³-hybridized carbons (Fsp3) is 0.231. The molecule has 6 heteroatoms. The number of hydrogen-bond donors (Lipinski definition) is 0. The number of rotatable bonds is 4. The van der Waals surface area contributed by atoms with E-state index in [0.29, 0.717) is 17.4 Å². The number of aromatic nitrogens is 1. The normalized spacial score (nSPS) is 12.2. The van der Waals surface area contributed by atoms with Crippen LogP contribution in [0, 0.1) is 0 Å². The molecule has 0 radical (unpaired) electrons. The van der Waals surface area contributed by atoms with Crippen molar-refractivity contribution in [1.82, 2.24) is 4.98 Å². The van der Waals surface area contributed by atoms with E-state index in [4.69, 9.17) is 4.74 Å². The molecule has 1 aromatic heterocycles. The van der Waals surface area contributed by atoms with Gasteiger partial charge in [-0.25, -0.2) is 9.78 Å². The van der Waals surface area contributed by atoms with E-state index in [1.54, 1.807) is 13.8 Å². The zero-order chi connectivity index (χ0) is 13.7. The number of carbonyl (C=O) groups excluding carboxylic acids is 1. The number of carbonyl (C=O) groups is 1. The van der Waals surface area contributed by atoms with Crippen LogP contribution in [0.15, 0.2) is 46.3 Å². The maximum atomic E-state index is 11.2. The van der Waals surface area contributed by atoms with Crippen molar-refractivity contribution in [2.24, 2.45) is 10.2 Å². The third-order valence-electron chi connectivity index (χ3n) is 2.19. The predicted octanol–water partition coefficient (Wildman–Crippen LogP) is 3.85. The van der Waals surface area contributed by atoms with E-state index in [1.807, 2.05) is 24.3 Å². The van der Waals surface area contributed by atoms with Gasteiger partial charge in [0.25, 0.3) is 0 Å². The minimum Gasteiger partial charge on any atom is -0.463 e. The Bertz CT molecular complexity index is 613. The number of ether oxygens (including phenoxy) is 1. The highest BCUT2D eigenvalue weighted by Crippen LogP contribution is 2.28. The second kappa shape index (κ2) is 6.19. The van der Waals surface area contributed by atoms with Gasteiger partial charge in [-0.2, -0.15) is 5.11 Å². The first-order chi connectivity index (χ1) is 9.19. The van der Waals surface area contributed by atoms with Gasteiger partial charge in [0.05, 0.1) is 22.5 Å². The molecule has 1 heterocycles. The van der Waals surface area contributed by atoms with Crippen molar-refractivity contribution in [3.63, 3.8) is 0 Å². The smallest absolute Gasteiger partial charge is 0.332 e. The van der Waals surface area contributed by atoms with Gasteiger partial charge in [0.2, 0.25) is 5.13 Å². The molecule has 0 saturated carbocycles. The molecule has 0 fully saturated rings. The molecular weight excluding hydrogens is 262 g/mol. The fourth-order valence-electron chi connectivity index (χ4n) is 1.41.